The minimum atomic E-state index is -0.640. The molecule has 1 N–H and O–H groups in total. The van der Waals surface area contributed by atoms with Crippen LogP contribution in [0.25, 0.3) is 0 Å². The quantitative estimate of drug-likeness (QED) is 0.456. The summed E-state index contributed by atoms with van der Waals surface area (Å²) in [5.74, 6) is -0.903. The number of allylic oxidation sites excluding steroid dienone is 1. The molecule has 0 aliphatic rings. The second kappa shape index (κ2) is 6.53. The van der Waals surface area contributed by atoms with Crippen LogP contribution in [0.2, 0.25) is 0 Å². The fraction of sp³-hybridized carbons (Fsp3) is 0.167. The number of carbonyl (C=O) groups excluding carboxylic acids is 2. The van der Waals surface area contributed by atoms with Crippen molar-refractivity contribution in [2.24, 2.45) is 0 Å². The van der Waals surface area contributed by atoms with Crippen molar-refractivity contribution in [3.8, 4) is 0 Å². The largest absolute Gasteiger partial charge is 0.460 e. The first-order valence-corrected chi connectivity index (χ1v) is 4.79. The number of carbonyl (C=O) groups is 2. The highest BCUT2D eigenvalue weighted by Crippen LogP contribution is 2.00. The first-order valence-electron chi connectivity index (χ1n) is 4.79. The maximum Gasteiger partial charge on any atom is 0.330 e. The van der Waals surface area contributed by atoms with Crippen LogP contribution in [-0.4, -0.2) is 30.1 Å². The smallest absolute Gasteiger partial charge is 0.330 e. The van der Waals surface area contributed by atoms with E-state index in [0.717, 1.165) is 12.2 Å². The fourth-order valence-electron chi connectivity index (χ4n) is 1.04. The van der Waals surface area contributed by atoms with Gasteiger partial charge in [-0.2, -0.15) is 0 Å². The zero-order valence-corrected chi connectivity index (χ0v) is 8.63. The monoisotopic (exact) mass is 220 g/mol. The van der Waals surface area contributed by atoms with E-state index in [-0.39, 0.29) is 19.0 Å². The lowest BCUT2D eigenvalue weighted by atomic mass is 10.1. The molecule has 0 saturated carbocycles. The van der Waals surface area contributed by atoms with Gasteiger partial charge in [0, 0.05) is 11.6 Å². The van der Waals surface area contributed by atoms with Crippen LogP contribution in [0.4, 0.5) is 0 Å². The van der Waals surface area contributed by atoms with Crippen molar-refractivity contribution in [3.63, 3.8) is 0 Å². The Morgan fingerprint density at radius 2 is 1.88 bits per heavy atom. The highest BCUT2D eigenvalue weighted by Gasteiger charge is 2.01. The van der Waals surface area contributed by atoms with Crippen LogP contribution >= 0.6 is 0 Å². The minimum Gasteiger partial charge on any atom is -0.460 e. The van der Waals surface area contributed by atoms with Crippen LogP contribution in [0.3, 0.4) is 0 Å². The summed E-state index contributed by atoms with van der Waals surface area (Å²) in [5.41, 5.74) is 0.508. The third-order valence-corrected chi connectivity index (χ3v) is 1.76. The molecule has 0 atom stereocenters. The SMILES string of the molecule is O=C(/C=C/C(=O)c1ccccc1)OCCO. The van der Waals surface area contributed by atoms with Gasteiger partial charge in [-0.25, -0.2) is 4.79 Å². The van der Waals surface area contributed by atoms with Crippen molar-refractivity contribution < 1.29 is 19.4 Å². The molecule has 1 aromatic carbocycles. The van der Waals surface area contributed by atoms with Gasteiger partial charge in [0.15, 0.2) is 5.78 Å². The van der Waals surface area contributed by atoms with Gasteiger partial charge in [-0.15, -0.1) is 0 Å². The van der Waals surface area contributed by atoms with Crippen molar-refractivity contribution in [3.05, 3.63) is 48.0 Å². The molecule has 0 bridgehead atoms. The van der Waals surface area contributed by atoms with Gasteiger partial charge in [0.2, 0.25) is 0 Å². The van der Waals surface area contributed by atoms with E-state index in [9.17, 15) is 9.59 Å². The molecule has 0 aliphatic heterocycles. The highest BCUT2D eigenvalue weighted by atomic mass is 16.5. The number of hydrogen-bond donors (Lipinski definition) is 1. The average Bonchev–Trinajstić information content (AvgIpc) is 2.34. The summed E-state index contributed by atoms with van der Waals surface area (Å²) >= 11 is 0. The van der Waals surface area contributed by atoms with E-state index in [2.05, 4.69) is 4.74 Å². The Labute approximate surface area is 93.2 Å². The summed E-state index contributed by atoms with van der Waals surface area (Å²) in [6.07, 6.45) is 2.19. The number of ketones is 1. The van der Waals surface area contributed by atoms with Crippen molar-refractivity contribution >= 4 is 11.8 Å². The lowest BCUT2D eigenvalue weighted by Gasteiger charge is -1.97. The normalized spacial score (nSPS) is 10.3. The average molecular weight is 220 g/mol. The van der Waals surface area contributed by atoms with E-state index < -0.39 is 5.97 Å². The molecule has 0 radical (unpaired) electrons. The van der Waals surface area contributed by atoms with Gasteiger partial charge in [0.1, 0.15) is 6.61 Å². The molecule has 4 heteroatoms. The lowest BCUT2D eigenvalue weighted by Crippen LogP contribution is -2.06. The molecule has 0 unspecified atom stereocenters. The Hall–Kier alpha value is -1.94. The number of hydrogen-bond acceptors (Lipinski definition) is 4. The summed E-state index contributed by atoms with van der Waals surface area (Å²) < 4.78 is 4.55. The molecule has 1 aromatic rings. The molecule has 0 saturated heterocycles. The number of esters is 1. The second-order valence-electron chi connectivity index (χ2n) is 2.95. The predicted octanol–water partition coefficient (Wildman–Crippen LogP) is 0.961. The van der Waals surface area contributed by atoms with Crippen LogP contribution < -0.4 is 0 Å². The lowest BCUT2D eigenvalue weighted by molar-refractivity contribution is -0.138. The maximum atomic E-state index is 11.5. The molecular weight excluding hydrogens is 208 g/mol. The van der Waals surface area contributed by atoms with Gasteiger partial charge in [-0.1, -0.05) is 30.3 Å². The van der Waals surface area contributed by atoms with Gasteiger partial charge < -0.3 is 9.84 Å². The van der Waals surface area contributed by atoms with Crippen LogP contribution in [0.15, 0.2) is 42.5 Å². The molecule has 1 rings (SSSR count). The summed E-state index contributed by atoms with van der Waals surface area (Å²) in [7, 11) is 0. The third-order valence-electron chi connectivity index (χ3n) is 1.76. The molecule has 0 heterocycles. The molecule has 0 fully saturated rings. The number of aliphatic hydroxyl groups excluding tert-OH is 1. The van der Waals surface area contributed by atoms with Crippen LogP contribution in [0, 0.1) is 0 Å². The Morgan fingerprint density at radius 3 is 2.50 bits per heavy atom. The Morgan fingerprint density at radius 1 is 1.19 bits per heavy atom. The van der Waals surface area contributed by atoms with E-state index in [0.29, 0.717) is 5.56 Å². The minimum absolute atomic E-state index is 0.0668. The second-order valence-corrected chi connectivity index (χ2v) is 2.95. The number of rotatable bonds is 5. The molecular formula is C12H12O4. The zero-order chi connectivity index (χ0) is 11.8. The summed E-state index contributed by atoms with van der Waals surface area (Å²) in [6, 6.07) is 8.60. The topological polar surface area (TPSA) is 63.6 Å². The molecule has 0 aromatic heterocycles. The van der Waals surface area contributed by atoms with E-state index in [1.54, 1.807) is 30.3 Å². The van der Waals surface area contributed by atoms with E-state index >= 15 is 0 Å². The highest BCUT2D eigenvalue weighted by molar-refractivity contribution is 6.06. The van der Waals surface area contributed by atoms with E-state index in [4.69, 9.17) is 5.11 Å². The number of ether oxygens (including phenoxy) is 1. The zero-order valence-electron chi connectivity index (χ0n) is 8.63. The molecule has 16 heavy (non-hydrogen) atoms. The molecule has 0 spiro atoms. The van der Waals surface area contributed by atoms with Crippen LogP contribution in [-0.2, 0) is 9.53 Å². The van der Waals surface area contributed by atoms with Gasteiger partial charge in [-0.05, 0) is 6.08 Å². The maximum absolute atomic E-state index is 11.5. The molecule has 0 amide bonds. The van der Waals surface area contributed by atoms with Crippen molar-refractivity contribution in [2.75, 3.05) is 13.2 Å². The van der Waals surface area contributed by atoms with Crippen LogP contribution in [0.1, 0.15) is 10.4 Å². The summed E-state index contributed by atoms with van der Waals surface area (Å²) in [5, 5.41) is 8.40. The Kier molecular flexibility index (Phi) is 4.95. The van der Waals surface area contributed by atoms with E-state index in [1.165, 1.54) is 0 Å². The first kappa shape index (κ1) is 12.1. The van der Waals surface area contributed by atoms with Gasteiger partial charge in [0.25, 0.3) is 0 Å². The summed E-state index contributed by atoms with van der Waals surface area (Å²) in [4.78, 5) is 22.4. The Balaban J connectivity index is 2.51. The van der Waals surface area contributed by atoms with E-state index in [1.807, 2.05) is 0 Å². The van der Waals surface area contributed by atoms with Crippen molar-refractivity contribution in [1.82, 2.24) is 0 Å². The van der Waals surface area contributed by atoms with Crippen molar-refractivity contribution in [2.45, 2.75) is 0 Å². The fourth-order valence-corrected chi connectivity index (χ4v) is 1.04. The number of benzene rings is 1. The van der Waals surface area contributed by atoms with Crippen molar-refractivity contribution in [1.29, 1.82) is 0 Å². The van der Waals surface area contributed by atoms with Gasteiger partial charge in [-0.3, -0.25) is 4.79 Å². The third kappa shape index (κ3) is 4.06. The number of aliphatic hydroxyl groups is 1. The van der Waals surface area contributed by atoms with Gasteiger partial charge in [0.05, 0.1) is 6.61 Å². The standard InChI is InChI=1S/C12H12O4/c13-8-9-16-12(15)7-6-11(14)10-4-2-1-3-5-10/h1-7,13H,8-9H2/b7-6+. The predicted molar refractivity (Wildman–Crippen MR) is 58.0 cm³/mol. The van der Waals surface area contributed by atoms with Crippen LogP contribution in [0.5, 0.6) is 0 Å². The van der Waals surface area contributed by atoms with Gasteiger partial charge >= 0.3 is 5.97 Å². The Bertz CT molecular complexity index is 381. The first-order chi connectivity index (χ1) is 7.74. The molecule has 0 aliphatic carbocycles. The molecule has 84 valence electrons. The molecule has 4 nitrogen and oxygen atoms in total. The summed E-state index contributed by atoms with van der Waals surface area (Å²) in [6.45, 7) is -0.297.